The molecule has 0 aromatic rings. The van der Waals surface area contributed by atoms with Gasteiger partial charge in [-0.3, -0.25) is 4.79 Å². The van der Waals surface area contributed by atoms with Crippen LogP contribution in [0.1, 0.15) is 32.6 Å². The van der Waals surface area contributed by atoms with E-state index in [9.17, 15) is 4.79 Å². The fourth-order valence-electron chi connectivity index (χ4n) is 2.33. The minimum Gasteiger partial charge on any atom is -0.342 e. The van der Waals surface area contributed by atoms with E-state index < -0.39 is 0 Å². The van der Waals surface area contributed by atoms with Gasteiger partial charge >= 0.3 is 0 Å². The third-order valence-electron chi connectivity index (χ3n) is 3.73. The van der Waals surface area contributed by atoms with Crippen LogP contribution < -0.4 is 5.73 Å². The Morgan fingerprint density at radius 2 is 2.14 bits per heavy atom. The Kier molecular flexibility index (Phi) is 2.77. The number of carbonyl (C=O) groups excluding carboxylic acids is 1. The van der Waals surface area contributed by atoms with Crippen molar-refractivity contribution >= 4 is 5.91 Å². The van der Waals surface area contributed by atoms with Gasteiger partial charge in [0.2, 0.25) is 5.91 Å². The summed E-state index contributed by atoms with van der Waals surface area (Å²) in [6.07, 6.45) is 4.55. The van der Waals surface area contributed by atoms with Crippen molar-refractivity contribution in [3.05, 3.63) is 0 Å². The van der Waals surface area contributed by atoms with Gasteiger partial charge in [-0.05, 0) is 32.1 Å². The van der Waals surface area contributed by atoms with Crippen LogP contribution in [0.3, 0.4) is 0 Å². The predicted octanol–water partition coefficient (Wildman–Crippen LogP) is 0.982. The molecule has 2 atom stereocenters. The summed E-state index contributed by atoms with van der Waals surface area (Å²) in [5, 5.41) is 0. The average Bonchev–Trinajstić information content (AvgIpc) is 2.48. The lowest BCUT2D eigenvalue weighted by Crippen LogP contribution is -2.38. The first-order valence-corrected chi connectivity index (χ1v) is 5.73. The first-order chi connectivity index (χ1) is 6.68. The fraction of sp³-hybridized carbons (Fsp3) is 0.909. The van der Waals surface area contributed by atoms with Crippen LogP contribution in [0.15, 0.2) is 0 Å². The van der Waals surface area contributed by atoms with E-state index in [1.54, 1.807) is 0 Å². The molecule has 1 aliphatic carbocycles. The largest absolute Gasteiger partial charge is 0.342 e. The second kappa shape index (κ2) is 3.89. The maximum absolute atomic E-state index is 11.9. The van der Waals surface area contributed by atoms with E-state index in [4.69, 9.17) is 5.73 Å². The zero-order valence-electron chi connectivity index (χ0n) is 8.91. The van der Waals surface area contributed by atoms with Gasteiger partial charge in [0.25, 0.3) is 0 Å². The van der Waals surface area contributed by atoms with E-state index in [2.05, 4.69) is 0 Å². The normalized spacial score (nSPS) is 30.1. The molecular weight excluding hydrogens is 176 g/mol. The van der Waals surface area contributed by atoms with Gasteiger partial charge in [0, 0.05) is 25.0 Å². The monoisotopic (exact) mass is 196 g/mol. The molecule has 2 N–H and O–H groups in total. The number of rotatable bonds is 2. The van der Waals surface area contributed by atoms with Crippen molar-refractivity contribution in [1.82, 2.24) is 4.90 Å². The zero-order valence-corrected chi connectivity index (χ0v) is 8.91. The van der Waals surface area contributed by atoms with E-state index in [0.29, 0.717) is 17.7 Å². The zero-order chi connectivity index (χ0) is 10.1. The van der Waals surface area contributed by atoms with Crippen LogP contribution in [0.2, 0.25) is 0 Å². The van der Waals surface area contributed by atoms with Crippen LogP contribution in [-0.2, 0) is 4.79 Å². The van der Waals surface area contributed by atoms with Gasteiger partial charge in [-0.25, -0.2) is 0 Å². The van der Waals surface area contributed by atoms with Crippen LogP contribution in [0, 0.1) is 11.8 Å². The lowest BCUT2D eigenvalue weighted by molar-refractivity contribution is -0.137. The topological polar surface area (TPSA) is 46.3 Å². The van der Waals surface area contributed by atoms with E-state index in [0.717, 1.165) is 32.4 Å². The van der Waals surface area contributed by atoms with Crippen molar-refractivity contribution < 1.29 is 4.79 Å². The Morgan fingerprint density at radius 3 is 2.57 bits per heavy atom. The molecule has 1 saturated carbocycles. The van der Waals surface area contributed by atoms with Crippen molar-refractivity contribution in [1.29, 1.82) is 0 Å². The van der Waals surface area contributed by atoms with Gasteiger partial charge < -0.3 is 10.6 Å². The quantitative estimate of drug-likeness (QED) is 0.715. The highest BCUT2D eigenvalue weighted by atomic mass is 16.2. The van der Waals surface area contributed by atoms with Crippen LogP contribution in [-0.4, -0.2) is 29.9 Å². The summed E-state index contributed by atoms with van der Waals surface area (Å²) < 4.78 is 0. The Morgan fingerprint density at radius 1 is 1.43 bits per heavy atom. The van der Waals surface area contributed by atoms with Crippen LogP contribution >= 0.6 is 0 Å². The van der Waals surface area contributed by atoms with Gasteiger partial charge in [-0.15, -0.1) is 0 Å². The predicted molar refractivity (Wildman–Crippen MR) is 55.7 cm³/mol. The lowest BCUT2D eigenvalue weighted by Gasteiger charge is -2.29. The molecule has 0 radical (unpaired) electrons. The molecule has 2 unspecified atom stereocenters. The SMILES string of the molecule is CC(N)C1CCN(C(=O)C2CCC2)C1. The number of nitrogens with two attached hydrogens (primary N) is 1. The lowest BCUT2D eigenvalue weighted by atomic mass is 9.84. The van der Waals surface area contributed by atoms with E-state index in [1.807, 2.05) is 11.8 Å². The smallest absolute Gasteiger partial charge is 0.225 e. The maximum atomic E-state index is 11.9. The molecule has 3 nitrogen and oxygen atoms in total. The molecule has 0 bridgehead atoms. The first kappa shape index (κ1) is 9.97. The van der Waals surface area contributed by atoms with Crippen LogP contribution in [0.5, 0.6) is 0 Å². The molecule has 1 saturated heterocycles. The number of carbonyl (C=O) groups is 1. The highest BCUT2D eigenvalue weighted by Crippen LogP contribution is 2.30. The second-order valence-corrected chi connectivity index (χ2v) is 4.82. The van der Waals surface area contributed by atoms with Gasteiger partial charge in [0.15, 0.2) is 0 Å². The number of hydrogen-bond donors (Lipinski definition) is 1. The summed E-state index contributed by atoms with van der Waals surface area (Å²) in [5.74, 6) is 1.26. The summed E-state index contributed by atoms with van der Waals surface area (Å²) in [4.78, 5) is 13.9. The Labute approximate surface area is 85.6 Å². The third kappa shape index (κ3) is 1.78. The second-order valence-electron chi connectivity index (χ2n) is 4.82. The molecule has 1 heterocycles. The number of amides is 1. The molecule has 80 valence electrons. The minimum atomic E-state index is 0.231. The minimum absolute atomic E-state index is 0.231. The van der Waals surface area contributed by atoms with Crippen molar-refractivity contribution in [3.8, 4) is 0 Å². The third-order valence-corrected chi connectivity index (χ3v) is 3.73. The number of nitrogens with zero attached hydrogens (tertiary/aromatic N) is 1. The highest BCUT2D eigenvalue weighted by molar-refractivity contribution is 5.79. The molecule has 0 aromatic heterocycles. The van der Waals surface area contributed by atoms with E-state index >= 15 is 0 Å². The first-order valence-electron chi connectivity index (χ1n) is 5.73. The molecule has 14 heavy (non-hydrogen) atoms. The van der Waals surface area contributed by atoms with Gasteiger partial charge in [0.05, 0.1) is 0 Å². The Balaban J connectivity index is 1.85. The summed E-state index contributed by atoms with van der Waals surface area (Å²) in [7, 11) is 0. The van der Waals surface area contributed by atoms with E-state index in [1.165, 1.54) is 6.42 Å². The average molecular weight is 196 g/mol. The molecule has 2 aliphatic rings. The molecular formula is C11H20N2O. The molecule has 2 fully saturated rings. The maximum Gasteiger partial charge on any atom is 0.225 e. The fourth-order valence-corrected chi connectivity index (χ4v) is 2.33. The Bertz CT molecular complexity index is 223. The molecule has 0 aromatic carbocycles. The molecule has 2 rings (SSSR count). The van der Waals surface area contributed by atoms with Crippen molar-refractivity contribution in [2.24, 2.45) is 17.6 Å². The van der Waals surface area contributed by atoms with Crippen molar-refractivity contribution in [3.63, 3.8) is 0 Å². The summed E-state index contributed by atoms with van der Waals surface area (Å²) in [6.45, 7) is 3.87. The molecule has 3 heteroatoms. The van der Waals surface area contributed by atoms with E-state index in [-0.39, 0.29) is 6.04 Å². The molecule has 0 spiro atoms. The summed E-state index contributed by atoms with van der Waals surface area (Å²) in [6, 6.07) is 0.231. The highest BCUT2D eigenvalue weighted by Gasteiger charge is 2.34. The van der Waals surface area contributed by atoms with Crippen LogP contribution in [0.25, 0.3) is 0 Å². The van der Waals surface area contributed by atoms with Crippen molar-refractivity contribution in [2.45, 2.75) is 38.6 Å². The standard InChI is InChI=1S/C11H20N2O/c1-8(12)10-5-6-13(7-10)11(14)9-3-2-4-9/h8-10H,2-7,12H2,1H3. The van der Waals surface area contributed by atoms with Gasteiger partial charge in [0.1, 0.15) is 0 Å². The number of hydrogen-bond acceptors (Lipinski definition) is 2. The van der Waals surface area contributed by atoms with Crippen molar-refractivity contribution in [2.75, 3.05) is 13.1 Å². The molecule has 1 aliphatic heterocycles. The van der Waals surface area contributed by atoms with Crippen LogP contribution in [0.4, 0.5) is 0 Å². The van der Waals surface area contributed by atoms with Gasteiger partial charge in [-0.1, -0.05) is 6.42 Å². The number of likely N-dealkylation sites (tertiary alicyclic amines) is 1. The van der Waals surface area contributed by atoms with Gasteiger partial charge in [-0.2, -0.15) is 0 Å². The summed E-state index contributed by atoms with van der Waals surface area (Å²) in [5.41, 5.74) is 5.84. The summed E-state index contributed by atoms with van der Waals surface area (Å²) >= 11 is 0. The molecule has 1 amide bonds. The Hall–Kier alpha value is -0.570.